The van der Waals surface area contributed by atoms with Gasteiger partial charge in [0, 0.05) is 37.9 Å². The molecule has 0 spiro atoms. The number of fused-ring (bicyclic) bond motifs is 1. The molecule has 1 aromatic carbocycles. The SMILES string of the molecule is CC(C)Oc1ccc(C(=O)N2CCN(C(=O)c3cnn4ccccc34)CC2)cc1. The van der Waals surface area contributed by atoms with Crippen molar-refractivity contribution in [3.63, 3.8) is 0 Å². The number of hydrogen-bond acceptors (Lipinski definition) is 4. The predicted octanol–water partition coefficient (Wildman–Crippen LogP) is 2.72. The fraction of sp³-hybridized carbons (Fsp3) is 0.318. The van der Waals surface area contributed by atoms with Gasteiger partial charge in [-0.1, -0.05) is 6.07 Å². The van der Waals surface area contributed by atoms with Crippen LogP contribution in [0.5, 0.6) is 5.75 Å². The van der Waals surface area contributed by atoms with Gasteiger partial charge in [0.25, 0.3) is 11.8 Å². The molecule has 1 aliphatic rings. The number of rotatable bonds is 4. The highest BCUT2D eigenvalue weighted by atomic mass is 16.5. The number of piperazine rings is 1. The summed E-state index contributed by atoms with van der Waals surface area (Å²) in [5.74, 6) is 0.679. The lowest BCUT2D eigenvalue weighted by molar-refractivity contribution is 0.0536. The molecule has 0 bridgehead atoms. The van der Waals surface area contributed by atoms with Crippen LogP contribution in [0.4, 0.5) is 0 Å². The minimum Gasteiger partial charge on any atom is -0.491 e. The van der Waals surface area contributed by atoms with Crippen LogP contribution in [-0.2, 0) is 0 Å². The van der Waals surface area contributed by atoms with E-state index in [1.54, 1.807) is 32.6 Å². The van der Waals surface area contributed by atoms with Crippen LogP contribution in [0, 0.1) is 0 Å². The predicted molar refractivity (Wildman–Crippen MR) is 109 cm³/mol. The molecule has 150 valence electrons. The number of carbonyl (C=O) groups is 2. The molecular weight excluding hydrogens is 368 g/mol. The van der Waals surface area contributed by atoms with Gasteiger partial charge in [-0.2, -0.15) is 5.10 Å². The van der Waals surface area contributed by atoms with Crippen molar-refractivity contribution in [2.45, 2.75) is 20.0 Å². The molecule has 0 radical (unpaired) electrons. The van der Waals surface area contributed by atoms with Crippen molar-refractivity contribution in [1.82, 2.24) is 19.4 Å². The number of hydrogen-bond donors (Lipinski definition) is 0. The average Bonchev–Trinajstić information content (AvgIpc) is 3.17. The summed E-state index contributed by atoms with van der Waals surface area (Å²) < 4.78 is 7.32. The van der Waals surface area contributed by atoms with E-state index in [4.69, 9.17) is 4.74 Å². The molecule has 29 heavy (non-hydrogen) atoms. The zero-order valence-corrected chi connectivity index (χ0v) is 16.6. The van der Waals surface area contributed by atoms with E-state index < -0.39 is 0 Å². The molecule has 2 aromatic heterocycles. The fourth-order valence-electron chi connectivity index (χ4n) is 3.51. The Labute approximate surface area is 169 Å². The van der Waals surface area contributed by atoms with Crippen LogP contribution in [-0.4, -0.2) is 63.5 Å². The monoisotopic (exact) mass is 392 g/mol. The summed E-state index contributed by atoms with van der Waals surface area (Å²) in [6.07, 6.45) is 3.52. The van der Waals surface area contributed by atoms with Crippen molar-refractivity contribution in [1.29, 1.82) is 0 Å². The van der Waals surface area contributed by atoms with Gasteiger partial charge in [-0.05, 0) is 50.2 Å². The first-order valence-corrected chi connectivity index (χ1v) is 9.80. The number of pyridine rings is 1. The lowest BCUT2D eigenvalue weighted by Crippen LogP contribution is -2.50. The summed E-state index contributed by atoms with van der Waals surface area (Å²) in [4.78, 5) is 29.3. The Morgan fingerprint density at radius 1 is 0.931 bits per heavy atom. The van der Waals surface area contributed by atoms with Gasteiger partial charge in [0.15, 0.2) is 0 Å². The molecule has 3 heterocycles. The molecule has 0 aliphatic carbocycles. The number of benzene rings is 1. The lowest BCUT2D eigenvalue weighted by Gasteiger charge is -2.34. The van der Waals surface area contributed by atoms with Gasteiger partial charge >= 0.3 is 0 Å². The molecule has 2 amide bonds. The summed E-state index contributed by atoms with van der Waals surface area (Å²) in [5, 5.41) is 4.24. The number of amides is 2. The number of nitrogens with zero attached hydrogens (tertiary/aromatic N) is 4. The van der Waals surface area contributed by atoms with Gasteiger partial charge < -0.3 is 14.5 Å². The Hall–Kier alpha value is -3.35. The lowest BCUT2D eigenvalue weighted by atomic mass is 10.1. The second kappa shape index (κ2) is 7.95. The number of aromatic nitrogens is 2. The van der Waals surface area contributed by atoms with Crippen molar-refractivity contribution >= 4 is 17.3 Å². The molecule has 0 saturated carbocycles. The van der Waals surface area contributed by atoms with E-state index in [9.17, 15) is 9.59 Å². The highest BCUT2D eigenvalue weighted by Crippen LogP contribution is 2.18. The van der Waals surface area contributed by atoms with E-state index >= 15 is 0 Å². The van der Waals surface area contributed by atoms with E-state index in [0.717, 1.165) is 11.3 Å². The average molecular weight is 392 g/mol. The Morgan fingerprint density at radius 3 is 2.24 bits per heavy atom. The largest absolute Gasteiger partial charge is 0.491 e. The Morgan fingerprint density at radius 2 is 1.59 bits per heavy atom. The van der Waals surface area contributed by atoms with Gasteiger partial charge in [0.05, 0.1) is 23.4 Å². The smallest absolute Gasteiger partial charge is 0.257 e. The van der Waals surface area contributed by atoms with Crippen molar-refractivity contribution in [3.8, 4) is 5.75 Å². The molecule has 0 atom stereocenters. The molecule has 1 fully saturated rings. The maximum atomic E-state index is 12.9. The van der Waals surface area contributed by atoms with Crippen LogP contribution in [0.3, 0.4) is 0 Å². The van der Waals surface area contributed by atoms with E-state index in [1.807, 2.05) is 50.4 Å². The molecule has 7 nitrogen and oxygen atoms in total. The minimum atomic E-state index is -0.0477. The topological polar surface area (TPSA) is 67.2 Å². The van der Waals surface area contributed by atoms with Crippen LogP contribution in [0.1, 0.15) is 34.6 Å². The Balaban J connectivity index is 1.38. The third kappa shape index (κ3) is 3.94. The molecule has 0 unspecified atom stereocenters. The highest BCUT2D eigenvalue weighted by molar-refractivity contribution is 6.01. The van der Waals surface area contributed by atoms with Crippen LogP contribution in [0.2, 0.25) is 0 Å². The fourth-order valence-corrected chi connectivity index (χ4v) is 3.51. The van der Waals surface area contributed by atoms with E-state index in [-0.39, 0.29) is 17.9 Å². The van der Waals surface area contributed by atoms with Crippen molar-refractivity contribution < 1.29 is 14.3 Å². The standard InChI is InChI=1S/C22H24N4O3/c1-16(2)29-18-8-6-17(7-9-18)21(27)24-11-13-25(14-12-24)22(28)19-15-23-26-10-4-3-5-20(19)26/h3-10,15-16H,11-14H2,1-2H3. The first kappa shape index (κ1) is 19.0. The van der Waals surface area contributed by atoms with Crippen LogP contribution >= 0.6 is 0 Å². The second-order valence-corrected chi connectivity index (χ2v) is 7.36. The quantitative estimate of drug-likeness (QED) is 0.685. The van der Waals surface area contributed by atoms with Crippen molar-refractivity contribution in [2.75, 3.05) is 26.2 Å². The first-order chi connectivity index (χ1) is 14.0. The summed E-state index contributed by atoms with van der Waals surface area (Å²) in [6, 6.07) is 12.9. The molecule has 4 rings (SSSR count). The molecule has 3 aromatic rings. The van der Waals surface area contributed by atoms with Gasteiger partial charge in [-0.15, -0.1) is 0 Å². The van der Waals surface area contributed by atoms with Crippen LogP contribution < -0.4 is 4.74 Å². The second-order valence-electron chi connectivity index (χ2n) is 7.36. The molecule has 0 N–H and O–H groups in total. The van der Waals surface area contributed by atoms with Gasteiger partial charge in [-0.3, -0.25) is 9.59 Å². The van der Waals surface area contributed by atoms with E-state index in [1.165, 1.54) is 0 Å². The molecule has 1 aliphatic heterocycles. The van der Waals surface area contributed by atoms with E-state index in [0.29, 0.717) is 37.3 Å². The van der Waals surface area contributed by atoms with Gasteiger partial charge in [-0.25, -0.2) is 4.52 Å². The number of ether oxygens (including phenoxy) is 1. The summed E-state index contributed by atoms with van der Waals surface area (Å²) in [5.41, 5.74) is 2.01. The van der Waals surface area contributed by atoms with Crippen molar-refractivity contribution in [3.05, 3.63) is 66.0 Å². The summed E-state index contributed by atoms with van der Waals surface area (Å²) >= 11 is 0. The molecular formula is C22H24N4O3. The zero-order valence-electron chi connectivity index (χ0n) is 16.6. The summed E-state index contributed by atoms with van der Waals surface area (Å²) in [7, 11) is 0. The maximum absolute atomic E-state index is 12.9. The Kier molecular flexibility index (Phi) is 5.20. The summed E-state index contributed by atoms with van der Waals surface area (Å²) in [6.45, 7) is 5.95. The van der Waals surface area contributed by atoms with Crippen LogP contribution in [0.25, 0.3) is 5.52 Å². The van der Waals surface area contributed by atoms with Crippen LogP contribution in [0.15, 0.2) is 54.9 Å². The maximum Gasteiger partial charge on any atom is 0.257 e. The number of carbonyl (C=O) groups excluding carboxylic acids is 2. The van der Waals surface area contributed by atoms with Gasteiger partial charge in [0.1, 0.15) is 5.75 Å². The molecule has 1 saturated heterocycles. The van der Waals surface area contributed by atoms with E-state index in [2.05, 4.69) is 5.10 Å². The third-order valence-electron chi connectivity index (χ3n) is 4.98. The Bertz CT molecular complexity index is 1020. The molecule has 7 heteroatoms. The normalized spacial score (nSPS) is 14.4. The first-order valence-electron chi connectivity index (χ1n) is 9.80. The van der Waals surface area contributed by atoms with Gasteiger partial charge in [0.2, 0.25) is 0 Å². The zero-order chi connectivity index (χ0) is 20.4. The minimum absolute atomic E-state index is 0.0239. The highest BCUT2D eigenvalue weighted by Gasteiger charge is 2.27. The van der Waals surface area contributed by atoms with Crippen molar-refractivity contribution in [2.24, 2.45) is 0 Å². The third-order valence-corrected chi connectivity index (χ3v) is 4.98.